The molecule has 2 rings (SSSR count). The van der Waals surface area contributed by atoms with Crippen molar-refractivity contribution in [2.24, 2.45) is 0 Å². The van der Waals surface area contributed by atoms with Gasteiger partial charge in [-0.3, -0.25) is 14.5 Å². The van der Waals surface area contributed by atoms with Crippen LogP contribution in [-0.4, -0.2) is 28.3 Å². The van der Waals surface area contributed by atoms with E-state index in [1.165, 1.54) is 16.7 Å². The molecule has 0 saturated carbocycles. The predicted octanol–water partition coefficient (Wildman–Crippen LogP) is 2.00. The Hall–Kier alpha value is -1.29. The van der Waals surface area contributed by atoms with Crippen molar-refractivity contribution in [2.75, 3.05) is 12.3 Å². The predicted molar refractivity (Wildman–Crippen MR) is 55.3 cm³/mol. The highest BCUT2D eigenvalue weighted by Crippen LogP contribution is 2.19. The topological polar surface area (TPSA) is 37.4 Å². The molecule has 1 saturated heterocycles. The molecule has 0 unspecified atom stereocenters. The Morgan fingerprint density at radius 3 is 2.57 bits per heavy atom. The van der Waals surface area contributed by atoms with Crippen molar-refractivity contribution in [1.82, 2.24) is 4.90 Å². The van der Waals surface area contributed by atoms with Crippen LogP contribution in [0.4, 0.5) is 4.79 Å². The van der Waals surface area contributed by atoms with Gasteiger partial charge in [-0.25, -0.2) is 0 Å². The lowest BCUT2D eigenvalue weighted by atomic mass is 10.2. The number of thioether (sulfide) groups is 1. The molecular formula is C10H9NO2S. The van der Waals surface area contributed by atoms with Crippen molar-refractivity contribution in [3.8, 4) is 0 Å². The normalized spacial score (nSPS) is 16.0. The Morgan fingerprint density at radius 2 is 2.00 bits per heavy atom. The SMILES string of the molecule is O=C1SCCN1C(=O)c1ccccc1. The first-order valence-corrected chi connectivity index (χ1v) is 5.31. The number of benzene rings is 1. The summed E-state index contributed by atoms with van der Waals surface area (Å²) in [6, 6.07) is 8.87. The van der Waals surface area contributed by atoms with Gasteiger partial charge in [0.25, 0.3) is 11.1 Å². The molecule has 0 aliphatic carbocycles. The number of nitrogens with zero attached hydrogens (tertiary/aromatic N) is 1. The van der Waals surface area contributed by atoms with E-state index in [1.54, 1.807) is 24.3 Å². The summed E-state index contributed by atoms with van der Waals surface area (Å²) in [6.07, 6.45) is 0. The van der Waals surface area contributed by atoms with Gasteiger partial charge in [-0.15, -0.1) is 0 Å². The molecule has 4 heteroatoms. The van der Waals surface area contributed by atoms with Crippen LogP contribution in [0.5, 0.6) is 0 Å². The minimum atomic E-state index is -0.194. The smallest absolute Gasteiger partial charge is 0.269 e. The highest BCUT2D eigenvalue weighted by atomic mass is 32.2. The second-order valence-corrected chi connectivity index (χ2v) is 3.98. The number of imide groups is 1. The molecule has 0 radical (unpaired) electrons. The van der Waals surface area contributed by atoms with Gasteiger partial charge in [0.2, 0.25) is 0 Å². The van der Waals surface area contributed by atoms with Gasteiger partial charge < -0.3 is 0 Å². The van der Waals surface area contributed by atoms with E-state index in [-0.39, 0.29) is 11.1 Å². The lowest BCUT2D eigenvalue weighted by molar-refractivity contribution is 0.0833. The number of carbonyl (C=O) groups excluding carboxylic acids is 2. The van der Waals surface area contributed by atoms with E-state index in [0.717, 1.165) is 0 Å². The van der Waals surface area contributed by atoms with Gasteiger partial charge in [0.05, 0.1) is 0 Å². The largest absolute Gasteiger partial charge is 0.288 e. The summed E-state index contributed by atoms with van der Waals surface area (Å²) >= 11 is 1.19. The fourth-order valence-electron chi connectivity index (χ4n) is 1.31. The van der Waals surface area contributed by atoms with Gasteiger partial charge in [0.15, 0.2) is 0 Å². The molecule has 1 aromatic rings. The molecule has 1 aromatic carbocycles. The van der Waals surface area contributed by atoms with E-state index in [2.05, 4.69) is 0 Å². The maximum absolute atomic E-state index is 11.7. The number of hydrogen-bond donors (Lipinski definition) is 0. The van der Waals surface area contributed by atoms with Crippen LogP contribution in [-0.2, 0) is 0 Å². The minimum absolute atomic E-state index is 0.140. The van der Waals surface area contributed by atoms with Crippen LogP contribution in [0.2, 0.25) is 0 Å². The highest BCUT2D eigenvalue weighted by Gasteiger charge is 2.27. The first-order chi connectivity index (χ1) is 6.79. The van der Waals surface area contributed by atoms with Crippen LogP contribution in [0.1, 0.15) is 10.4 Å². The second-order valence-electron chi connectivity index (χ2n) is 2.94. The quantitative estimate of drug-likeness (QED) is 0.706. The van der Waals surface area contributed by atoms with Crippen LogP contribution in [0, 0.1) is 0 Å². The average molecular weight is 207 g/mol. The van der Waals surface area contributed by atoms with Crippen LogP contribution >= 0.6 is 11.8 Å². The third-order valence-electron chi connectivity index (χ3n) is 2.03. The summed E-state index contributed by atoms with van der Waals surface area (Å²) in [7, 11) is 0. The highest BCUT2D eigenvalue weighted by molar-refractivity contribution is 8.13. The molecule has 2 amide bonds. The van der Waals surface area contributed by atoms with Crippen molar-refractivity contribution < 1.29 is 9.59 Å². The van der Waals surface area contributed by atoms with E-state index in [1.807, 2.05) is 6.07 Å². The molecular weight excluding hydrogens is 198 g/mol. The Morgan fingerprint density at radius 1 is 1.29 bits per heavy atom. The Labute approximate surface area is 86.1 Å². The monoisotopic (exact) mass is 207 g/mol. The molecule has 1 aliphatic heterocycles. The summed E-state index contributed by atoms with van der Waals surface area (Å²) in [4.78, 5) is 24.3. The van der Waals surface area contributed by atoms with Gasteiger partial charge in [-0.05, 0) is 12.1 Å². The summed E-state index contributed by atoms with van der Waals surface area (Å²) < 4.78 is 0. The summed E-state index contributed by atoms with van der Waals surface area (Å²) in [5.41, 5.74) is 0.573. The average Bonchev–Trinajstić information content (AvgIpc) is 2.65. The molecule has 72 valence electrons. The zero-order valence-electron chi connectivity index (χ0n) is 7.47. The number of hydrogen-bond acceptors (Lipinski definition) is 3. The van der Waals surface area contributed by atoms with Crippen molar-refractivity contribution in [2.45, 2.75) is 0 Å². The first kappa shape index (κ1) is 9.27. The lowest BCUT2D eigenvalue weighted by Gasteiger charge is -2.11. The van der Waals surface area contributed by atoms with E-state index < -0.39 is 0 Å². The zero-order valence-corrected chi connectivity index (χ0v) is 8.29. The van der Waals surface area contributed by atoms with E-state index in [4.69, 9.17) is 0 Å². The molecule has 0 N–H and O–H groups in total. The van der Waals surface area contributed by atoms with E-state index in [0.29, 0.717) is 17.9 Å². The molecule has 0 aromatic heterocycles. The van der Waals surface area contributed by atoms with Gasteiger partial charge in [0, 0.05) is 17.9 Å². The van der Waals surface area contributed by atoms with Crippen molar-refractivity contribution in [1.29, 1.82) is 0 Å². The fraction of sp³-hybridized carbons (Fsp3) is 0.200. The van der Waals surface area contributed by atoms with Crippen molar-refractivity contribution >= 4 is 22.9 Å². The van der Waals surface area contributed by atoms with Crippen LogP contribution in [0.15, 0.2) is 30.3 Å². The summed E-state index contributed by atoms with van der Waals surface area (Å²) in [6.45, 7) is 0.525. The second kappa shape index (κ2) is 3.84. The lowest BCUT2D eigenvalue weighted by Crippen LogP contribution is -2.30. The van der Waals surface area contributed by atoms with Gasteiger partial charge in [0.1, 0.15) is 0 Å². The maximum Gasteiger partial charge on any atom is 0.288 e. The molecule has 3 nitrogen and oxygen atoms in total. The van der Waals surface area contributed by atoms with Crippen LogP contribution in [0.25, 0.3) is 0 Å². The Kier molecular flexibility index (Phi) is 2.54. The molecule has 0 spiro atoms. The molecule has 14 heavy (non-hydrogen) atoms. The van der Waals surface area contributed by atoms with Crippen LogP contribution in [0.3, 0.4) is 0 Å². The molecule has 1 fully saturated rings. The standard InChI is InChI=1S/C10H9NO2S/c12-9(8-4-2-1-3-5-8)11-6-7-14-10(11)13/h1-5H,6-7H2. The maximum atomic E-state index is 11.7. The van der Waals surface area contributed by atoms with Crippen molar-refractivity contribution in [3.63, 3.8) is 0 Å². The summed E-state index contributed by atoms with van der Waals surface area (Å²) in [5, 5.41) is -0.140. The minimum Gasteiger partial charge on any atom is -0.269 e. The third-order valence-corrected chi connectivity index (χ3v) is 2.88. The molecule has 1 heterocycles. The Bertz CT molecular complexity index is 364. The number of rotatable bonds is 1. The summed E-state index contributed by atoms with van der Waals surface area (Å²) in [5.74, 6) is 0.512. The molecule has 0 atom stereocenters. The van der Waals surface area contributed by atoms with E-state index in [9.17, 15) is 9.59 Å². The zero-order chi connectivity index (χ0) is 9.97. The van der Waals surface area contributed by atoms with E-state index >= 15 is 0 Å². The fourth-order valence-corrected chi connectivity index (χ4v) is 2.09. The van der Waals surface area contributed by atoms with Gasteiger partial charge >= 0.3 is 0 Å². The first-order valence-electron chi connectivity index (χ1n) is 4.33. The van der Waals surface area contributed by atoms with Crippen LogP contribution < -0.4 is 0 Å². The molecule has 0 bridgehead atoms. The van der Waals surface area contributed by atoms with Crippen molar-refractivity contribution in [3.05, 3.63) is 35.9 Å². The number of carbonyl (C=O) groups is 2. The third kappa shape index (κ3) is 1.65. The van der Waals surface area contributed by atoms with Gasteiger partial charge in [-0.1, -0.05) is 30.0 Å². The molecule has 1 aliphatic rings. The Balaban J connectivity index is 2.20. The van der Waals surface area contributed by atoms with Gasteiger partial charge in [-0.2, -0.15) is 0 Å². The number of amides is 2.